The molecule has 0 aliphatic carbocycles. The van der Waals surface area contributed by atoms with Crippen LogP contribution < -0.4 is 5.32 Å². The highest BCUT2D eigenvalue weighted by Gasteiger charge is 2.38. The Morgan fingerprint density at radius 3 is 2.23 bits per heavy atom. The first kappa shape index (κ1) is 26.2. The summed E-state index contributed by atoms with van der Waals surface area (Å²) in [4.78, 5) is 36.6. The average Bonchev–Trinajstić information content (AvgIpc) is 2.74. The fraction of sp³-hybridized carbons (Fsp3) is 0.550. The van der Waals surface area contributed by atoms with E-state index < -0.39 is 12.1 Å². The van der Waals surface area contributed by atoms with Crippen molar-refractivity contribution < 1.29 is 37.4 Å². The molecule has 174 valence electrons. The number of aliphatic carboxylic acids is 1. The monoisotopic (exact) mass is 447 g/mol. The highest BCUT2D eigenvalue weighted by atomic mass is 19.4. The molecule has 0 bridgehead atoms. The van der Waals surface area contributed by atoms with Crippen LogP contribution >= 0.6 is 0 Å². The van der Waals surface area contributed by atoms with E-state index >= 15 is 0 Å². The second-order valence-corrected chi connectivity index (χ2v) is 6.82. The third-order valence-corrected chi connectivity index (χ3v) is 4.64. The number of nitrogens with one attached hydrogen (secondary N) is 1. The van der Waals surface area contributed by atoms with Gasteiger partial charge >= 0.3 is 18.2 Å². The number of carboxylic acids is 1. The molecule has 2 amide bonds. The Kier molecular flexibility index (Phi) is 10.8. The van der Waals surface area contributed by atoms with Crippen molar-refractivity contribution >= 4 is 18.0 Å². The van der Waals surface area contributed by atoms with Crippen molar-refractivity contribution in [2.45, 2.75) is 32.0 Å². The van der Waals surface area contributed by atoms with Crippen LogP contribution in [-0.2, 0) is 9.53 Å². The summed E-state index contributed by atoms with van der Waals surface area (Å²) in [6, 6.07) is 9.67. The molecule has 1 aliphatic heterocycles. The second kappa shape index (κ2) is 12.8. The zero-order chi connectivity index (χ0) is 23.4. The number of ether oxygens (including phenoxy) is 1. The molecule has 0 atom stereocenters. The first-order chi connectivity index (χ1) is 14.6. The zero-order valence-corrected chi connectivity index (χ0v) is 17.5. The topological polar surface area (TPSA) is 99.2 Å². The minimum Gasteiger partial charge on any atom is -0.475 e. The Hall–Kier alpha value is -2.82. The number of alkyl halides is 3. The normalized spacial score (nSPS) is 14.5. The van der Waals surface area contributed by atoms with E-state index in [-0.39, 0.29) is 12.0 Å². The SMILES string of the molecule is CCOC(=O)N1CCC(N(C)CCNC(=O)c2ccccc2)CC1.O=C(O)C(F)(F)F. The van der Waals surface area contributed by atoms with Gasteiger partial charge in [0, 0.05) is 37.8 Å². The number of carboxylic acid groups (broad SMARTS) is 1. The van der Waals surface area contributed by atoms with E-state index in [4.69, 9.17) is 14.6 Å². The molecule has 31 heavy (non-hydrogen) atoms. The number of halogens is 3. The lowest BCUT2D eigenvalue weighted by molar-refractivity contribution is -0.192. The molecular weight excluding hydrogens is 419 g/mol. The number of hydrogen-bond acceptors (Lipinski definition) is 5. The van der Waals surface area contributed by atoms with Gasteiger partial charge in [0.25, 0.3) is 5.91 Å². The van der Waals surface area contributed by atoms with Gasteiger partial charge in [-0.2, -0.15) is 13.2 Å². The summed E-state index contributed by atoms with van der Waals surface area (Å²) in [6.07, 6.45) is -3.43. The van der Waals surface area contributed by atoms with Gasteiger partial charge in [0.15, 0.2) is 0 Å². The van der Waals surface area contributed by atoms with Gasteiger partial charge in [0.2, 0.25) is 0 Å². The molecule has 1 aromatic rings. The van der Waals surface area contributed by atoms with E-state index in [1.165, 1.54) is 0 Å². The number of benzene rings is 1. The maximum atomic E-state index is 12.0. The Morgan fingerprint density at radius 2 is 1.74 bits per heavy atom. The molecule has 0 unspecified atom stereocenters. The number of likely N-dealkylation sites (N-methyl/N-ethyl adjacent to an activating group) is 1. The molecule has 2 N–H and O–H groups in total. The lowest BCUT2D eigenvalue weighted by Crippen LogP contribution is -2.47. The summed E-state index contributed by atoms with van der Waals surface area (Å²) in [5.74, 6) is -2.80. The fourth-order valence-electron chi connectivity index (χ4n) is 2.92. The molecule has 0 spiro atoms. The van der Waals surface area contributed by atoms with Gasteiger partial charge in [-0.3, -0.25) is 4.79 Å². The standard InChI is InChI=1S/C18H27N3O3.C2HF3O2/c1-3-24-18(23)21-12-9-16(10-13-21)20(2)14-11-19-17(22)15-7-5-4-6-8-15;3-2(4,5)1(6)7/h4-8,16H,3,9-14H2,1-2H3,(H,19,22);(H,6,7). The minimum absolute atomic E-state index is 0.0406. The molecular formula is C20H28F3N3O5. The van der Waals surface area contributed by atoms with E-state index in [0.717, 1.165) is 32.5 Å². The molecule has 11 heteroatoms. The molecule has 1 heterocycles. The maximum Gasteiger partial charge on any atom is 0.490 e. The Bertz CT molecular complexity index is 708. The number of hydrogen-bond donors (Lipinski definition) is 2. The lowest BCUT2D eigenvalue weighted by Gasteiger charge is -2.36. The average molecular weight is 447 g/mol. The number of rotatable bonds is 6. The highest BCUT2D eigenvalue weighted by molar-refractivity contribution is 5.94. The fourth-order valence-corrected chi connectivity index (χ4v) is 2.92. The Labute approximate surface area is 178 Å². The molecule has 8 nitrogen and oxygen atoms in total. The Balaban J connectivity index is 0.000000592. The molecule has 2 rings (SSSR count). The zero-order valence-electron chi connectivity index (χ0n) is 17.5. The number of likely N-dealkylation sites (tertiary alicyclic amines) is 1. The third-order valence-electron chi connectivity index (χ3n) is 4.64. The van der Waals surface area contributed by atoms with Crippen LogP contribution in [0.4, 0.5) is 18.0 Å². The summed E-state index contributed by atoms with van der Waals surface area (Å²) < 4.78 is 36.8. The predicted molar refractivity (Wildman–Crippen MR) is 107 cm³/mol. The van der Waals surface area contributed by atoms with Gasteiger partial charge in [-0.15, -0.1) is 0 Å². The van der Waals surface area contributed by atoms with Crippen LogP contribution in [0, 0.1) is 0 Å². The molecule has 0 aromatic heterocycles. The van der Waals surface area contributed by atoms with Crippen molar-refractivity contribution in [1.29, 1.82) is 0 Å². The van der Waals surface area contributed by atoms with Crippen molar-refractivity contribution in [3.05, 3.63) is 35.9 Å². The van der Waals surface area contributed by atoms with E-state index in [1.807, 2.05) is 37.3 Å². The van der Waals surface area contributed by atoms with Crippen molar-refractivity contribution in [2.24, 2.45) is 0 Å². The van der Waals surface area contributed by atoms with Crippen molar-refractivity contribution in [3.8, 4) is 0 Å². The van der Waals surface area contributed by atoms with Gasteiger partial charge in [-0.1, -0.05) is 18.2 Å². The second-order valence-electron chi connectivity index (χ2n) is 6.82. The molecule has 0 saturated carbocycles. The van der Waals surface area contributed by atoms with Gasteiger partial charge in [-0.25, -0.2) is 9.59 Å². The van der Waals surface area contributed by atoms with E-state index in [0.29, 0.717) is 24.8 Å². The van der Waals surface area contributed by atoms with Crippen LogP contribution in [0.25, 0.3) is 0 Å². The Morgan fingerprint density at radius 1 is 1.19 bits per heavy atom. The van der Waals surface area contributed by atoms with Crippen molar-refractivity contribution in [3.63, 3.8) is 0 Å². The largest absolute Gasteiger partial charge is 0.490 e. The van der Waals surface area contributed by atoms with Gasteiger partial charge in [-0.05, 0) is 38.9 Å². The van der Waals surface area contributed by atoms with Crippen LogP contribution in [0.1, 0.15) is 30.1 Å². The van der Waals surface area contributed by atoms with Crippen LogP contribution in [0.3, 0.4) is 0 Å². The molecule has 1 aliphatic rings. The minimum atomic E-state index is -5.08. The molecule has 1 saturated heterocycles. The predicted octanol–water partition coefficient (Wildman–Crippen LogP) is 2.60. The number of amides is 2. The van der Waals surface area contributed by atoms with Gasteiger partial charge < -0.3 is 25.0 Å². The molecule has 1 fully saturated rings. The highest BCUT2D eigenvalue weighted by Crippen LogP contribution is 2.16. The lowest BCUT2D eigenvalue weighted by atomic mass is 10.0. The van der Waals surface area contributed by atoms with E-state index in [2.05, 4.69) is 17.3 Å². The van der Waals surface area contributed by atoms with Gasteiger partial charge in [0.05, 0.1) is 6.61 Å². The first-order valence-electron chi connectivity index (χ1n) is 9.81. The van der Waals surface area contributed by atoms with Crippen LogP contribution in [-0.4, -0.2) is 84.9 Å². The number of carbonyl (C=O) groups excluding carboxylic acids is 2. The third kappa shape index (κ3) is 9.69. The number of nitrogens with zero attached hydrogens (tertiary/aromatic N) is 2. The van der Waals surface area contributed by atoms with Crippen LogP contribution in [0.15, 0.2) is 30.3 Å². The maximum absolute atomic E-state index is 12.0. The summed E-state index contributed by atoms with van der Waals surface area (Å²) in [6.45, 7) is 5.10. The van der Waals surface area contributed by atoms with Gasteiger partial charge in [0.1, 0.15) is 0 Å². The summed E-state index contributed by atoms with van der Waals surface area (Å²) in [5.41, 5.74) is 0.683. The summed E-state index contributed by atoms with van der Waals surface area (Å²) in [5, 5.41) is 10.1. The number of piperidine rings is 1. The smallest absolute Gasteiger partial charge is 0.475 e. The van der Waals surface area contributed by atoms with Crippen molar-refractivity contribution in [1.82, 2.24) is 15.1 Å². The first-order valence-corrected chi connectivity index (χ1v) is 9.81. The summed E-state index contributed by atoms with van der Waals surface area (Å²) >= 11 is 0. The van der Waals surface area contributed by atoms with Crippen molar-refractivity contribution in [2.75, 3.05) is 39.8 Å². The summed E-state index contributed by atoms with van der Waals surface area (Å²) in [7, 11) is 2.07. The molecule has 1 aromatic carbocycles. The number of carbonyl (C=O) groups is 3. The quantitative estimate of drug-likeness (QED) is 0.696. The van der Waals surface area contributed by atoms with E-state index in [1.54, 1.807) is 4.90 Å². The van der Waals surface area contributed by atoms with Crippen LogP contribution in [0.5, 0.6) is 0 Å². The van der Waals surface area contributed by atoms with E-state index in [9.17, 15) is 22.8 Å². The molecule has 0 radical (unpaired) electrons. The van der Waals surface area contributed by atoms with Crippen LogP contribution in [0.2, 0.25) is 0 Å².